The summed E-state index contributed by atoms with van der Waals surface area (Å²) in [5, 5.41) is 13.3. The van der Waals surface area contributed by atoms with Gasteiger partial charge in [-0.15, -0.1) is 0 Å². The van der Waals surface area contributed by atoms with Gasteiger partial charge >= 0.3 is 6.03 Å². The van der Waals surface area contributed by atoms with Gasteiger partial charge in [-0.3, -0.25) is 0 Å². The lowest BCUT2D eigenvalue weighted by molar-refractivity contribution is 0.172. The van der Waals surface area contributed by atoms with Crippen LogP contribution in [0.3, 0.4) is 0 Å². The van der Waals surface area contributed by atoms with Crippen LogP contribution in [0.15, 0.2) is 0 Å². The van der Waals surface area contributed by atoms with Gasteiger partial charge in [0.2, 0.25) is 0 Å². The van der Waals surface area contributed by atoms with E-state index in [0.29, 0.717) is 13.0 Å². The van der Waals surface area contributed by atoms with Crippen molar-refractivity contribution in [2.75, 3.05) is 27.0 Å². The third-order valence-electron chi connectivity index (χ3n) is 0.998. The van der Waals surface area contributed by atoms with E-state index in [2.05, 4.69) is 15.4 Å². The summed E-state index contributed by atoms with van der Waals surface area (Å²) in [6.45, 7) is 0.765. The number of hydrogen-bond acceptors (Lipinski definition) is 3. The van der Waals surface area contributed by atoms with Crippen LogP contribution in [-0.4, -0.2) is 38.1 Å². The Bertz CT molecular complexity index is 108. The fraction of sp³-hybridized carbons (Fsp3) is 0.833. The van der Waals surface area contributed by atoms with E-state index < -0.39 is 0 Å². The molecule has 0 rings (SSSR count). The van der Waals surface area contributed by atoms with E-state index in [9.17, 15) is 4.79 Å². The molecule has 0 aliphatic rings. The van der Waals surface area contributed by atoms with Crippen molar-refractivity contribution in [1.82, 2.24) is 10.6 Å². The first kappa shape index (κ1) is 10.2. The van der Waals surface area contributed by atoms with Crippen LogP contribution in [0.5, 0.6) is 0 Å². The zero-order valence-electron chi connectivity index (χ0n) is 6.59. The second-order valence-electron chi connectivity index (χ2n) is 1.94. The third kappa shape index (κ3) is 7.08. The maximum absolute atomic E-state index is 10.7. The Morgan fingerprint density at radius 1 is 1.55 bits per heavy atom. The zero-order chi connectivity index (χ0) is 8.53. The van der Waals surface area contributed by atoms with Crippen LogP contribution in [0, 0.1) is 0 Å². The van der Waals surface area contributed by atoms with E-state index in [4.69, 9.17) is 5.11 Å². The number of hydrogen-bond donors (Lipinski definition) is 3. The van der Waals surface area contributed by atoms with E-state index in [0.717, 1.165) is 0 Å². The number of rotatable bonds is 5. The normalized spacial score (nSPS) is 9.27. The van der Waals surface area contributed by atoms with Crippen molar-refractivity contribution in [3.63, 3.8) is 0 Å². The van der Waals surface area contributed by atoms with Crippen LogP contribution in [0.1, 0.15) is 6.42 Å². The Balaban J connectivity index is 3.09. The van der Waals surface area contributed by atoms with E-state index >= 15 is 0 Å². The first-order valence-electron chi connectivity index (χ1n) is 3.42. The van der Waals surface area contributed by atoms with E-state index in [1.165, 1.54) is 7.11 Å². The van der Waals surface area contributed by atoms with Gasteiger partial charge < -0.3 is 20.5 Å². The molecule has 0 unspecified atom stereocenters. The van der Waals surface area contributed by atoms with Gasteiger partial charge in [0.15, 0.2) is 0 Å². The summed E-state index contributed by atoms with van der Waals surface area (Å²) < 4.78 is 4.60. The molecule has 0 heterocycles. The molecule has 0 aromatic carbocycles. The largest absolute Gasteiger partial charge is 0.396 e. The molecule has 0 saturated carbocycles. The molecule has 11 heavy (non-hydrogen) atoms. The molecular formula is C6H14N2O3. The molecule has 0 aliphatic carbocycles. The van der Waals surface area contributed by atoms with Crippen molar-refractivity contribution >= 4 is 6.03 Å². The summed E-state index contributed by atoms with van der Waals surface area (Å²) in [4.78, 5) is 10.7. The predicted octanol–water partition coefficient (Wildman–Crippen LogP) is -0.728. The Kier molecular flexibility index (Phi) is 6.76. The van der Waals surface area contributed by atoms with E-state index in [1.54, 1.807) is 0 Å². The molecule has 0 saturated heterocycles. The lowest BCUT2D eigenvalue weighted by Crippen LogP contribution is -2.37. The number of nitrogens with one attached hydrogen (secondary N) is 2. The Labute approximate surface area is 65.7 Å². The van der Waals surface area contributed by atoms with Crippen molar-refractivity contribution in [3.05, 3.63) is 0 Å². The molecule has 0 bridgehead atoms. The summed E-state index contributed by atoms with van der Waals surface area (Å²) in [5.74, 6) is 0. The summed E-state index contributed by atoms with van der Waals surface area (Å²) in [6, 6.07) is -0.277. The fourth-order valence-electron chi connectivity index (χ4n) is 0.481. The molecule has 0 aromatic heterocycles. The number of urea groups is 1. The lowest BCUT2D eigenvalue weighted by Gasteiger charge is -2.04. The van der Waals surface area contributed by atoms with Crippen LogP contribution in [0.2, 0.25) is 0 Å². The number of aliphatic hydroxyl groups is 1. The zero-order valence-corrected chi connectivity index (χ0v) is 6.59. The van der Waals surface area contributed by atoms with Crippen molar-refractivity contribution in [3.8, 4) is 0 Å². The number of ether oxygens (including phenoxy) is 1. The highest BCUT2D eigenvalue weighted by atomic mass is 16.5. The van der Waals surface area contributed by atoms with Gasteiger partial charge in [-0.2, -0.15) is 0 Å². The minimum atomic E-state index is -0.277. The van der Waals surface area contributed by atoms with Crippen molar-refractivity contribution in [2.45, 2.75) is 6.42 Å². The molecule has 0 fully saturated rings. The topological polar surface area (TPSA) is 70.6 Å². The smallest absolute Gasteiger partial charge is 0.316 e. The average molecular weight is 162 g/mol. The first-order chi connectivity index (χ1) is 5.31. The Hall–Kier alpha value is -0.810. The van der Waals surface area contributed by atoms with Gasteiger partial charge in [-0.25, -0.2) is 4.79 Å². The van der Waals surface area contributed by atoms with Gasteiger partial charge in [-0.05, 0) is 6.42 Å². The number of methoxy groups -OCH3 is 1. The quantitative estimate of drug-likeness (QED) is 0.369. The molecule has 0 radical (unpaired) electrons. The van der Waals surface area contributed by atoms with Crippen molar-refractivity contribution < 1.29 is 14.6 Å². The highest BCUT2D eigenvalue weighted by Gasteiger charge is 1.95. The highest BCUT2D eigenvalue weighted by Crippen LogP contribution is 1.72. The molecule has 0 aliphatic heterocycles. The Morgan fingerprint density at radius 2 is 2.27 bits per heavy atom. The number of amides is 2. The SMILES string of the molecule is COCNC(=O)NCCCO. The molecule has 66 valence electrons. The lowest BCUT2D eigenvalue weighted by atomic mass is 10.4. The van der Waals surface area contributed by atoms with Gasteiger partial charge in [0.1, 0.15) is 6.73 Å². The summed E-state index contributed by atoms with van der Waals surface area (Å²) in [7, 11) is 1.49. The van der Waals surface area contributed by atoms with Crippen LogP contribution in [0.25, 0.3) is 0 Å². The average Bonchev–Trinajstić information content (AvgIpc) is 2.01. The minimum Gasteiger partial charge on any atom is -0.396 e. The number of carbonyl (C=O) groups excluding carboxylic acids is 1. The molecule has 0 atom stereocenters. The van der Waals surface area contributed by atoms with Crippen LogP contribution < -0.4 is 10.6 Å². The highest BCUT2D eigenvalue weighted by molar-refractivity contribution is 5.73. The molecule has 0 aromatic rings. The van der Waals surface area contributed by atoms with Gasteiger partial charge in [0, 0.05) is 20.3 Å². The summed E-state index contributed by atoms with van der Waals surface area (Å²) >= 11 is 0. The molecule has 5 nitrogen and oxygen atoms in total. The second-order valence-corrected chi connectivity index (χ2v) is 1.94. The van der Waals surface area contributed by atoms with Gasteiger partial charge in [0.25, 0.3) is 0 Å². The number of aliphatic hydroxyl groups excluding tert-OH is 1. The van der Waals surface area contributed by atoms with Crippen LogP contribution in [-0.2, 0) is 4.74 Å². The standard InChI is InChI=1S/C6H14N2O3/c1-11-5-8-6(10)7-3-2-4-9/h9H,2-5H2,1H3,(H2,7,8,10). The molecule has 2 amide bonds. The van der Waals surface area contributed by atoms with E-state index in [1.807, 2.05) is 0 Å². The molecule has 3 N–H and O–H groups in total. The summed E-state index contributed by atoms with van der Waals surface area (Å²) in [6.07, 6.45) is 0.570. The van der Waals surface area contributed by atoms with Crippen LogP contribution >= 0.6 is 0 Å². The van der Waals surface area contributed by atoms with Crippen LogP contribution in [0.4, 0.5) is 4.79 Å². The predicted molar refractivity (Wildman–Crippen MR) is 40.1 cm³/mol. The van der Waals surface area contributed by atoms with Gasteiger partial charge in [0.05, 0.1) is 0 Å². The maximum atomic E-state index is 10.7. The van der Waals surface area contributed by atoms with Crippen molar-refractivity contribution in [2.24, 2.45) is 0 Å². The molecular weight excluding hydrogens is 148 g/mol. The second kappa shape index (κ2) is 7.30. The monoisotopic (exact) mass is 162 g/mol. The first-order valence-corrected chi connectivity index (χ1v) is 3.42. The Morgan fingerprint density at radius 3 is 2.82 bits per heavy atom. The van der Waals surface area contributed by atoms with E-state index in [-0.39, 0.29) is 19.4 Å². The maximum Gasteiger partial charge on any atom is 0.316 e. The summed E-state index contributed by atoms with van der Waals surface area (Å²) in [5.41, 5.74) is 0. The number of carbonyl (C=O) groups is 1. The van der Waals surface area contributed by atoms with Crippen molar-refractivity contribution in [1.29, 1.82) is 0 Å². The third-order valence-corrected chi connectivity index (χ3v) is 0.998. The fourth-order valence-corrected chi connectivity index (χ4v) is 0.481. The minimum absolute atomic E-state index is 0.0879. The van der Waals surface area contributed by atoms with Gasteiger partial charge in [-0.1, -0.05) is 0 Å². The molecule has 5 heteroatoms. The molecule has 0 spiro atoms.